The van der Waals surface area contributed by atoms with Gasteiger partial charge in [0.15, 0.2) is 0 Å². The minimum Gasteiger partial charge on any atom is -0.336 e. The number of amides is 1. The smallest absolute Gasteiger partial charge is 0.256 e. The normalized spacial score (nSPS) is 29.5. The topological polar surface area (TPSA) is 46.3 Å². The largest absolute Gasteiger partial charge is 0.336 e. The lowest BCUT2D eigenvalue weighted by Gasteiger charge is -2.19. The number of nitrogens with zero attached hydrogens (tertiary/aromatic N) is 1. The second-order valence-electron chi connectivity index (χ2n) is 4.80. The Bertz CT molecular complexity index is 468. The zero-order valence-corrected chi connectivity index (χ0v) is 10.0. The molecule has 3 nitrogen and oxygen atoms in total. The second kappa shape index (κ2) is 3.96. The molecule has 1 heterocycles. The van der Waals surface area contributed by atoms with Crippen molar-refractivity contribution in [3.63, 3.8) is 0 Å². The van der Waals surface area contributed by atoms with Crippen molar-refractivity contribution in [1.29, 1.82) is 0 Å². The Labute approximate surface area is 105 Å². The molecule has 1 saturated heterocycles. The Kier molecular flexibility index (Phi) is 2.87. The van der Waals surface area contributed by atoms with E-state index in [4.69, 9.17) is 5.73 Å². The Morgan fingerprint density at radius 1 is 1.47 bits per heavy atom. The summed E-state index contributed by atoms with van der Waals surface area (Å²) in [6.07, 6.45) is 0.994. The average Bonchev–Trinajstić information content (AvgIpc) is 2.77. The molecule has 1 aliphatic heterocycles. The van der Waals surface area contributed by atoms with E-state index in [0.29, 0.717) is 19.0 Å². The van der Waals surface area contributed by atoms with Crippen molar-refractivity contribution in [3.8, 4) is 0 Å². The number of halogens is 2. The van der Waals surface area contributed by atoms with Crippen LogP contribution in [0, 0.1) is 11.7 Å². The van der Waals surface area contributed by atoms with Crippen molar-refractivity contribution >= 4 is 18.3 Å². The predicted molar refractivity (Wildman–Crippen MR) is 64.6 cm³/mol. The number of hydrogen-bond acceptors (Lipinski definition) is 2. The molecule has 0 spiro atoms. The highest BCUT2D eigenvalue weighted by Crippen LogP contribution is 2.47. The van der Waals surface area contributed by atoms with E-state index in [9.17, 15) is 9.18 Å². The van der Waals surface area contributed by atoms with Crippen LogP contribution in [0.3, 0.4) is 0 Å². The zero-order chi connectivity index (χ0) is 11.3. The lowest BCUT2D eigenvalue weighted by molar-refractivity contribution is 0.0768. The Morgan fingerprint density at radius 3 is 2.76 bits per heavy atom. The van der Waals surface area contributed by atoms with Gasteiger partial charge < -0.3 is 10.6 Å². The molecular formula is C12H14ClFN2O. The number of rotatable bonds is 1. The number of piperidine rings is 1. The number of fused-ring (bicyclic) bond motifs is 1. The first-order valence-electron chi connectivity index (χ1n) is 5.43. The van der Waals surface area contributed by atoms with Crippen LogP contribution in [0.25, 0.3) is 0 Å². The molecule has 2 aliphatic rings. The highest BCUT2D eigenvalue weighted by molar-refractivity contribution is 5.95. The molecule has 0 aromatic heterocycles. The van der Waals surface area contributed by atoms with Gasteiger partial charge in [-0.15, -0.1) is 12.4 Å². The van der Waals surface area contributed by atoms with Gasteiger partial charge >= 0.3 is 0 Å². The fraction of sp³-hybridized carbons (Fsp3) is 0.417. The molecule has 92 valence electrons. The summed E-state index contributed by atoms with van der Waals surface area (Å²) < 4.78 is 13.4. The molecule has 2 unspecified atom stereocenters. The van der Waals surface area contributed by atoms with E-state index in [1.165, 1.54) is 12.1 Å². The standard InChI is InChI=1S/C12H13FN2O.ClH/c13-10-4-2-1-3-9(10)11(16)15-6-8-5-12(8,14)7-15;/h1-4,8H,5-7,14H2;1H. The lowest BCUT2D eigenvalue weighted by atomic mass is 10.2. The van der Waals surface area contributed by atoms with Crippen LogP contribution in [0.15, 0.2) is 24.3 Å². The van der Waals surface area contributed by atoms with Crippen LogP contribution < -0.4 is 5.73 Å². The van der Waals surface area contributed by atoms with Crippen LogP contribution in [0.1, 0.15) is 16.8 Å². The van der Waals surface area contributed by atoms with E-state index in [1.807, 2.05) is 0 Å². The lowest BCUT2D eigenvalue weighted by Crippen LogP contribution is -2.37. The van der Waals surface area contributed by atoms with Crippen molar-refractivity contribution in [2.75, 3.05) is 13.1 Å². The summed E-state index contributed by atoms with van der Waals surface area (Å²) in [5.41, 5.74) is 5.97. The summed E-state index contributed by atoms with van der Waals surface area (Å²) >= 11 is 0. The quantitative estimate of drug-likeness (QED) is 0.826. The van der Waals surface area contributed by atoms with Gasteiger partial charge in [-0.25, -0.2) is 4.39 Å². The van der Waals surface area contributed by atoms with Gasteiger partial charge in [-0.1, -0.05) is 12.1 Å². The summed E-state index contributed by atoms with van der Waals surface area (Å²) in [6.45, 7) is 1.23. The van der Waals surface area contributed by atoms with Gasteiger partial charge in [0, 0.05) is 18.6 Å². The average molecular weight is 257 g/mol. The third-order valence-electron chi connectivity index (χ3n) is 3.60. The molecule has 0 bridgehead atoms. The maximum absolute atomic E-state index is 13.4. The van der Waals surface area contributed by atoms with E-state index < -0.39 is 5.82 Å². The van der Waals surface area contributed by atoms with Gasteiger partial charge in [-0.3, -0.25) is 4.79 Å². The highest BCUT2D eigenvalue weighted by atomic mass is 35.5. The van der Waals surface area contributed by atoms with Crippen LogP contribution in [0.4, 0.5) is 4.39 Å². The van der Waals surface area contributed by atoms with Gasteiger partial charge in [0.2, 0.25) is 0 Å². The molecule has 17 heavy (non-hydrogen) atoms. The first-order chi connectivity index (χ1) is 7.60. The molecule has 1 aliphatic carbocycles. The number of carbonyl (C=O) groups is 1. The molecule has 1 amide bonds. The summed E-state index contributed by atoms with van der Waals surface area (Å²) in [5.74, 6) is -0.280. The zero-order valence-electron chi connectivity index (χ0n) is 9.23. The third kappa shape index (κ3) is 1.91. The molecule has 2 atom stereocenters. The van der Waals surface area contributed by atoms with Crippen molar-refractivity contribution in [3.05, 3.63) is 35.6 Å². The molecule has 3 rings (SSSR count). The van der Waals surface area contributed by atoms with Crippen LogP contribution in [-0.2, 0) is 0 Å². The van der Waals surface area contributed by atoms with Crippen molar-refractivity contribution in [1.82, 2.24) is 4.90 Å². The predicted octanol–water partition coefficient (Wildman–Crippen LogP) is 1.42. The summed E-state index contributed by atoms with van der Waals surface area (Å²) in [7, 11) is 0. The molecule has 5 heteroatoms. The van der Waals surface area contributed by atoms with Crippen molar-refractivity contribution in [2.45, 2.75) is 12.0 Å². The van der Waals surface area contributed by atoms with Crippen molar-refractivity contribution in [2.24, 2.45) is 11.7 Å². The molecule has 1 aromatic rings. The first kappa shape index (κ1) is 12.3. The van der Waals surface area contributed by atoms with Gasteiger partial charge in [0.1, 0.15) is 5.82 Å². The molecule has 2 N–H and O–H groups in total. The highest BCUT2D eigenvalue weighted by Gasteiger charge is 2.58. The fourth-order valence-corrected chi connectivity index (χ4v) is 2.49. The number of benzene rings is 1. The summed E-state index contributed by atoms with van der Waals surface area (Å²) in [5, 5.41) is 0. The number of nitrogens with two attached hydrogens (primary N) is 1. The molecule has 1 aromatic carbocycles. The summed E-state index contributed by atoms with van der Waals surface area (Å²) in [4.78, 5) is 13.7. The SMILES string of the molecule is Cl.NC12CC1CN(C(=O)c1ccccc1F)C2. The van der Waals surface area contributed by atoms with E-state index in [0.717, 1.165) is 6.42 Å². The van der Waals surface area contributed by atoms with E-state index in [2.05, 4.69) is 0 Å². The van der Waals surface area contributed by atoms with Gasteiger partial charge in [-0.05, 0) is 24.5 Å². The first-order valence-corrected chi connectivity index (χ1v) is 5.43. The van der Waals surface area contributed by atoms with Crippen LogP contribution in [0.2, 0.25) is 0 Å². The van der Waals surface area contributed by atoms with Crippen LogP contribution in [-0.4, -0.2) is 29.4 Å². The monoisotopic (exact) mass is 256 g/mol. The Balaban J connectivity index is 0.00000108. The molecule has 0 radical (unpaired) electrons. The third-order valence-corrected chi connectivity index (χ3v) is 3.60. The number of carbonyl (C=O) groups excluding carboxylic acids is 1. The molecular weight excluding hydrogens is 243 g/mol. The Hall–Kier alpha value is -1.13. The van der Waals surface area contributed by atoms with Crippen LogP contribution in [0.5, 0.6) is 0 Å². The van der Waals surface area contributed by atoms with Crippen molar-refractivity contribution < 1.29 is 9.18 Å². The van der Waals surface area contributed by atoms with E-state index in [-0.39, 0.29) is 29.4 Å². The van der Waals surface area contributed by atoms with E-state index >= 15 is 0 Å². The van der Waals surface area contributed by atoms with Crippen LogP contribution >= 0.6 is 12.4 Å². The maximum atomic E-state index is 13.4. The van der Waals surface area contributed by atoms with Gasteiger partial charge in [-0.2, -0.15) is 0 Å². The number of hydrogen-bond donors (Lipinski definition) is 1. The summed E-state index contributed by atoms with van der Waals surface area (Å²) in [6, 6.07) is 6.08. The molecule has 2 fully saturated rings. The number of likely N-dealkylation sites (tertiary alicyclic amines) is 1. The van der Waals surface area contributed by atoms with Gasteiger partial charge in [0.05, 0.1) is 5.56 Å². The van der Waals surface area contributed by atoms with Gasteiger partial charge in [0.25, 0.3) is 5.91 Å². The Morgan fingerprint density at radius 2 is 2.18 bits per heavy atom. The minimum absolute atomic E-state index is 0. The fourth-order valence-electron chi connectivity index (χ4n) is 2.49. The minimum atomic E-state index is -0.459. The maximum Gasteiger partial charge on any atom is 0.256 e. The molecule has 1 saturated carbocycles. The van der Waals surface area contributed by atoms with E-state index in [1.54, 1.807) is 17.0 Å². The second-order valence-corrected chi connectivity index (χ2v) is 4.80.